The molecular formula is C30H37N3O4S. The third-order valence-electron chi connectivity index (χ3n) is 6.31. The molecule has 0 heterocycles. The Labute approximate surface area is 226 Å². The van der Waals surface area contributed by atoms with Crippen LogP contribution in [0.1, 0.15) is 37.0 Å². The first-order valence-corrected chi connectivity index (χ1v) is 14.3. The third kappa shape index (κ3) is 7.44. The molecule has 0 fully saturated rings. The van der Waals surface area contributed by atoms with Crippen molar-refractivity contribution in [3.63, 3.8) is 0 Å². The largest absolute Gasteiger partial charge is 0.354 e. The van der Waals surface area contributed by atoms with E-state index in [1.54, 1.807) is 37.3 Å². The minimum Gasteiger partial charge on any atom is -0.354 e. The van der Waals surface area contributed by atoms with Gasteiger partial charge in [0.05, 0.1) is 10.6 Å². The van der Waals surface area contributed by atoms with E-state index in [2.05, 4.69) is 5.32 Å². The highest BCUT2D eigenvalue weighted by Crippen LogP contribution is 2.26. The van der Waals surface area contributed by atoms with Crippen molar-refractivity contribution >= 4 is 27.5 Å². The number of amides is 2. The number of benzene rings is 3. The number of rotatable bonds is 12. The van der Waals surface area contributed by atoms with Crippen molar-refractivity contribution in [2.75, 3.05) is 23.9 Å². The Morgan fingerprint density at radius 2 is 1.47 bits per heavy atom. The van der Waals surface area contributed by atoms with Crippen LogP contribution in [0.15, 0.2) is 83.8 Å². The Bertz CT molecular complexity index is 1310. The lowest BCUT2D eigenvalue weighted by Crippen LogP contribution is -2.52. The van der Waals surface area contributed by atoms with E-state index in [-0.39, 0.29) is 17.3 Å². The maximum absolute atomic E-state index is 13.9. The number of hydrogen-bond donors (Lipinski definition) is 1. The van der Waals surface area contributed by atoms with Crippen LogP contribution in [0.25, 0.3) is 0 Å². The average Bonchev–Trinajstić information content (AvgIpc) is 2.90. The molecule has 1 atom stereocenters. The highest BCUT2D eigenvalue weighted by molar-refractivity contribution is 7.92. The van der Waals surface area contributed by atoms with Gasteiger partial charge in [0.15, 0.2) is 0 Å². The second-order valence-electron chi connectivity index (χ2n) is 9.46. The van der Waals surface area contributed by atoms with Crippen LogP contribution in [0.4, 0.5) is 5.69 Å². The molecule has 1 N–H and O–H groups in total. The summed E-state index contributed by atoms with van der Waals surface area (Å²) in [6.07, 6.45) is 1.30. The molecule has 0 radical (unpaired) electrons. The fraction of sp³-hybridized carbons (Fsp3) is 0.333. The Morgan fingerprint density at radius 3 is 2.05 bits per heavy atom. The van der Waals surface area contributed by atoms with Crippen LogP contribution >= 0.6 is 0 Å². The van der Waals surface area contributed by atoms with Gasteiger partial charge in [-0.25, -0.2) is 8.42 Å². The summed E-state index contributed by atoms with van der Waals surface area (Å²) in [5.74, 6) is -0.712. The fourth-order valence-electron chi connectivity index (χ4n) is 4.31. The highest BCUT2D eigenvalue weighted by atomic mass is 32.2. The Kier molecular flexibility index (Phi) is 10.1. The van der Waals surface area contributed by atoms with E-state index in [0.717, 1.165) is 27.4 Å². The maximum atomic E-state index is 13.9. The summed E-state index contributed by atoms with van der Waals surface area (Å²) in [4.78, 5) is 28.3. The quantitative estimate of drug-likeness (QED) is 0.370. The molecule has 202 valence electrons. The summed E-state index contributed by atoms with van der Waals surface area (Å²) >= 11 is 0. The number of anilines is 1. The van der Waals surface area contributed by atoms with Crippen LogP contribution in [-0.4, -0.2) is 50.8 Å². The van der Waals surface area contributed by atoms with Gasteiger partial charge in [0, 0.05) is 13.1 Å². The zero-order valence-corrected chi connectivity index (χ0v) is 23.4. The van der Waals surface area contributed by atoms with Crippen molar-refractivity contribution in [2.24, 2.45) is 0 Å². The van der Waals surface area contributed by atoms with Gasteiger partial charge in [-0.3, -0.25) is 13.9 Å². The van der Waals surface area contributed by atoms with Crippen molar-refractivity contribution in [3.8, 4) is 0 Å². The predicted octanol–water partition coefficient (Wildman–Crippen LogP) is 4.48. The average molecular weight is 536 g/mol. The molecule has 0 aliphatic heterocycles. The highest BCUT2D eigenvalue weighted by Gasteiger charge is 2.32. The topological polar surface area (TPSA) is 86.8 Å². The van der Waals surface area contributed by atoms with Gasteiger partial charge < -0.3 is 10.2 Å². The number of carbonyl (C=O) groups excluding carboxylic acids is 2. The molecule has 38 heavy (non-hydrogen) atoms. The first-order valence-electron chi connectivity index (χ1n) is 12.9. The van der Waals surface area contributed by atoms with Gasteiger partial charge in [0.1, 0.15) is 12.6 Å². The van der Waals surface area contributed by atoms with Gasteiger partial charge in [0.25, 0.3) is 10.0 Å². The maximum Gasteiger partial charge on any atom is 0.264 e. The smallest absolute Gasteiger partial charge is 0.264 e. The van der Waals surface area contributed by atoms with Crippen molar-refractivity contribution in [1.82, 2.24) is 10.2 Å². The molecule has 7 nitrogen and oxygen atoms in total. The minimum atomic E-state index is -4.06. The molecule has 0 aliphatic carbocycles. The molecule has 0 aromatic heterocycles. The van der Waals surface area contributed by atoms with E-state index >= 15 is 0 Å². The van der Waals surface area contributed by atoms with Crippen LogP contribution in [0.3, 0.4) is 0 Å². The summed E-state index contributed by atoms with van der Waals surface area (Å²) < 4.78 is 28.8. The zero-order chi connectivity index (χ0) is 27.7. The fourth-order valence-corrected chi connectivity index (χ4v) is 5.73. The molecule has 0 saturated carbocycles. The summed E-state index contributed by atoms with van der Waals surface area (Å²) in [5.41, 5.74) is 3.20. The molecule has 2 amide bonds. The molecule has 0 spiro atoms. The second kappa shape index (κ2) is 13.2. The van der Waals surface area contributed by atoms with E-state index in [1.165, 1.54) is 17.0 Å². The lowest BCUT2D eigenvalue weighted by Gasteiger charge is -2.32. The molecule has 0 bridgehead atoms. The van der Waals surface area contributed by atoms with E-state index in [1.807, 2.05) is 57.2 Å². The van der Waals surface area contributed by atoms with E-state index in [4.69, 9.17) is 0 Å². The summed E-state index contributed by atoms with van der Waals surface area (Å²) in [6, 6.07) is 22.5. The Hall–Kier alpha value is -3.65. The van der Waals surface area contributed by atoms with Crippen LogP contribution in [-0.2, 0) is 26.0 Å². The van der Waals surface area contributed by atoms with Crippen LogP contribution in [0, 0.1) is 13.8 Å². The summed E-state index contributed by atoms with van der Waals surface area (Å²) in [7, 11) is -4.06. The molecule has 3 aromatic rings. The van der Waals surface area contributed by atoms with Crippen LogP contribution in [0.5, 0.6) is 0 Å². The van der Waals surface area contributed by atoms with Crippen molar-refractivity contribution in [3.05, 3.63) is 95.6 Å². The lowest BCUT2D eigenvalue weighted by atomic mass is 10.1. The van der Waals surface area contributed by atoms with Gasteiger partial charge >= 0.3 is 0 Å². The number of nitrogens with one attached hydrogen (secondary N) is 1. The molecular weight excluding hydrogens is 498 g/mol. The number of hydrogen-bond acceptors (Lipinski definition) is 4. The van der Waals surface area contributed by atoms with Gasteiger partial charge in [-0.2, -0.15) is 0 Å². The van der Waals surface area contributed by atoms with Crippen molar-refractivity contribution in [2.45, 2.75) is 51.5 Å². The number of aryl methyl sites for hydroxylation is 2. The zero-order valence-electron chi connectivity index (χ0n) is 22.6. The van der Waals surface area contributed by atoms with E-state index in [9.17, 15) is 18.0 Å². The minimum absolute atomic E-state index is 0.0940. The molecule has 8 heteroatoms. The first kappa shape index (κ1) is 28.9. The number of sulfonamides is 1. The first-order chi connectivity index (χ1) is 18.1. The van der Waals surface area contributed by atoms with Crippen molar-refractivity contribution in [1.29, 1.82) is 0 Å². The lowest BCUT2D eigenvalue weighted by molar-refractivity contribution is -0.138. The Morgan fingerprint density at radius 1 is 0.895 bits per heavy atom. The monoisotopic (exact) mass is 535 g/mol. The summed E-state index contributed by atoms with van der Waals surface area (Å²) in [6.45, 7) is 7.76. The van der Waals surface area contributed by atoms with Crippen LogP contribution < -0.4 is 9.62 Å². The molecule has 0 saturated heterocycles. The second-order valence-corrected chi connectivity index (χ2v) is 11.3. The van der Waals surface area contributed by atoms with E-state index in [0.29, 0.717) is 18.7 Å². The SMILES string of the molecule is CCCNC(=O)[C@@H](C)N(CCc1ccccc1)C(=O)CN(c1cc(C)cc(C)c1)S(=O)(=O)c1ccccc1. The standard InChI is InChI=1S/C30H37N3O4S/c1-5-17-31-30(35)25(4)32(18-16-26-12-8-6-9-13-26)29(34)22-33(27-20-23(2)19-24(3)21-27)38(36,37)28-14-10-7-11-15-28/h6-15,19-21,25H,5,16-18,22H2,1-4H3,(H,31,35)/t25-/m1/s1. The summed E-state index contributed by atoms with van der Waals surface area (Å²) in [5, 5.41) is 2.86. The predicted molar refractivity (Wildman–Crippen MR) is 152 cm³/mol. The van der Waals surface area contributed by atoms with Crippen LogP contribution in [0.2, 0.25) is 0 Å². The normalized spacial score (nSPS) is 12.0. The Balaban J connectivity index is 1.98. The molecule has 3 rings (SSSR count). The van der Waals surface area contributed by atoms with Gasteiger partial charge in [0.2, 0.25) is 11.8 Å². The number of nitrogens with zero attached hydrogens (tertiary/aromatic N) is 2. The number of carbonyl (C=O) groups is 2. The van der Waals surface area contributed by atoms with Crippen molar-refractivity contribution < 1.29 is 18.0 Å². The third-order valence-corrected chi connectivity index (χ3v) is 8.09. The molecule has 3 aromatic carbocycles. The van der Waals surface area contributed by atoms with Gasteiger partial charge in [-0.05, 0) is 74.6 Å². The molecule has 0 aliphatic rings. The van der Waals surface area contributed by atoms with E-state index < -0.39 is 28.5 Å². The van der Waals surface area contributed by atoms with Gasteiger partial charge in [-0.15, -0.1) is 0 Å². The van der Waals surface area contributed by atoms with Gasteiger partial charge in [-0.1, -0.05) is 61.5 Å². The molecule has 0 unspecified atom stereocenters.